The second-order valence-electron chi connectivity index (χ2n) is 6.49. The first-order chi connectivity index (χ1) is 11.0. The quantitative estimate of drug-likeness (QED) is 0.794. The number of aromatic nitrogens is 1. The Kier molecular flexibility index (Phi) is 6.57. The Morgan fingerprint density at radius 3 is 2.57 bits per heavy atom. The lowest BCUT2D eigenvalue weighted by atomic mass is 9.84. The highest BCUT2D eigenvalue weighted by Gasteiger charge is 2.23. The lowest BCUT2D eigenvalue weighted by Crippen LogP contribution is -2.37. The number of carbonyl (C=O) groups is 2. The number of thiazole rings is 1. The van der Waals surface area contributed by atoms with E-state index in [2.05, 4.69) is 10.3 Å². The van der Waals surface area contributed by atoms with Crippen LogP contribution in [0.5, 0.6) is 0 Å². The van der Waals surface area contributed by atoms with Crippen LogP contribution in [0, 0.1) is 19.8 Å². The number of aliphatic carboxylic acids is 1. The Balaban J connectivity index is 1.98. The molecule has 0 spiro atoms. The number of amides is 1. The van der Waals surface area contributed by atoms with Crippen molar-refractivity contribution in [2.75, 3.05) is 0 Å². The highest BCUT2D eigenvalue weighted by molar-refractivity contribution is 7.13. The van der Waals surface area contributed by atoms with E-state index in [4.69, 9.17) is 5.11 Å². The molecule has 1 heterocycles. The third-order valence-corrected chi connectivity index (χ3v) is 5.57. The number of carboxylic acid groups (broad SMARTS) is 1. The maximum atomic E-state index is 12.5. The molecule has 6 heteroatoms. The zero-order valence-corrected chi connectivity index (χ0v) is 14.7. The van der Waals surface area contributed by atoms with Gasteiger partial charge in [-0.15, -0.1) is 11.3 Å². The minimum absolute atomic E-state index is 0.0662. The molecule has 0 aliphatic heterocycles. The molecule has 23 heavy (non-hydrogen) atoms. The van der Waals surface area contributed by atoms with Crippen LogP contribution in [0.25, 0.3) is 0 Å². The van der Waals surface area contributed by atoms with Gasteiger partial charge in [-0.2, -0.15) is 0 Å². The summed E-state index contributed by atoms with van der Waals surface area (Å²) < 4.78 is 0. The fourth-order valence-corrected chi connectivity index (χ4v) is 4.19. The van der Waals surface area contributed by atoms with Crippen molar-refractivity contribution in [3.05, 3.63) is 15.6 Å². The Labute approximate surface area is 141 Å². The van der Waals surface area contributed by atoms with E-state index in [1.54, 1.807) is 0 Å². The highest BCUT2D eigenvalue weighted by Crippen LogP contribution is 2.28. The molecule has 1 fully saturated rings. The minimum atomic E-state index is -0.808. The first-order valence-corrected chi connectivity index (χ1v) is 9.24. The number of hydrogen-bond acceptors (Lipinski definition) is 4. The van der Waals surface area contributed by atoms with E-state index >= 15 is 0 Å². The van der Waals surface area contributed by atoms with Crippen LogP contribution in [0.1, 0.15) is 71.7 Å². The van der Waals surface area contributed by atoms with Gasteiger partial charge >= 0.3 is 5.97 Å². The molecule has 2 rings (SSSR count). The van der Waals surface area contributed by atoms with Gasteiger partial charge in [-0.3, -0.25) is 9.59 Å². The molecule has 2 N–H and O–H groups in total. The summed E-state index contributed by atoms with van der Waals surface area (Å²) in [6, 6.07) is -0.0662. The Morgan fingerprint density at radius 1 is 1.30 bits per heavy atom. The molecule has 1 atom stereocenters. The number of rotatable bonds is 7. The van der Waals surface area contributed by atoms with Gasteiger partial charge in [-0.25, -0.2) is 4.98 Å². The van der Waals surface area contributed by atoms with Gasteiger partial charge in [0.05, 0.1) is 10.7 Å². The molecular formula is C17H26N2O3S. The topological polar surface area (TPSA) is 79.3 Å². The average molecular weight is 338 g/mol. The van der Waals surface area contributed by atoms with Crippen LogP contribution in [0.2, 0.25) is 0 Å². The van der Waals surface area contributed by atoms with Crippen molar-refractivity contribution >= 4 is 23.2 Å². The third-order valence-electron chi connectivity index (χ3n) is 4.49. The number of nitrogens with one attached hydrogen (secondary N) is 1. The number of aryl methyl sites for hydroxylation is 2. The second-order valence-corrected chi connectivity index (χ2v) is 7.69. The molecule has 128 valence electrons. The first kappa shape index (κ1) is 17.9. The smallest absolute Gasteiger partial charge is 0.303 e. The summed E-state index contributed by atoms with van der Waals surface area (Å²) in [5, 5.41) is 12.9. The monoisotopic (exact) mass is 338 g/mol. The van der Waals surface area contributed by atoms with E-state index in [0.29, 0.717) is 17.2 Å². The Hall–Kier alpha value is -1.43. The fourth-order valence-electron chi connectivity index (χ4n) is 3.36. The highest BCUT2D eigenvalue weighted by atomic mass is 32.1. The van der Waals surface area contributed by atoms with Gasteiger partial charge in [0.1, 0.15) is 4.88 Å². The third kappa shape index (κ3) is 5.61. The van der Waals surface area contributed by atoms with Gasteiger partial charge in [0, 0.05) is 12.5 Å². The molecule has 1 aromatic heterocycles. The summed E-state index contributed by atoms with van der Waals surface area (Å²) in [6.45, 7) is 3.73. The van der Waals surface area contributed by atoms with E-state index in [1.165, 1.54) is 43.4 Å². The molecule has 1 aliphatic rings. The van der Waals surface area contributed by atoms with Crippen molar-refractivity contribution in [3.63, 3.8) is 0 Å². The molecule has 1 aromatic rings. The largest absolute Gasteiger partial charge is 0.481 e. The molecule has 0 bridgehead atoms. The predicted octanol–water partition coefficient (Wildman–Crippen LogP) is 3.69. The lowest BCUT2D eigenvalue weighted by molar-refractivity contribution is -0.137. The zero-order chi connectivity index (χ0) is 16.8. The van der Waals surface area contributed by atoms with Crippen molar-refractivity contribution in [1.82, 2.24) is 10.3 Å². The lowest BCUT2D eigenvalue weighted by Gasteiger charge is -2.27. The zero-order valence-electron chi connectivity index (χ0n) is 13.9. The van der Waals surface area contributed by atoms with E-state index in [-0.39, 0.29) is 18.4 Å². The summed E-state index contributed by atoms with van der Waals surface area (Å²) in [6.07, 6.45) is 7.65. The van der Waals surface area contributed by atoms with Crippen LogP contribution in [0.4, 0.5) is 0 Å². The number of nitrogens with zero attached hydrogens (tertiary/aromatic N) is 1. The van der Waals surface area contributed by atoms with Crippen molar-refractivity contribution < 1.29 is 14.7 Å². The van der Waals surface area contributed by atoms with Gasteiger partial charge in [-0.1, -0.05) is 32.1 Å². The maximum Gasteiger partial charge on any atom is 0.303 e. The van der Waals surface area contributed by atoms with E-state index in [9.17, 15) is 9.59 Å². The standard InChI is InChI=1S/C17H26N2O3S/c1-11-16(23-12(2)18-11)17(22)19-14(8-9-15(20)21)10-13-6-4-3-5-7-13/h13-14H,3-10H2,1-2H3,(H,19,22)(H,20,21). The van der Waals surface area contributed by atoms with Crippen LogP contribution >= 0.6 is 11.3 Å². The molecule has 1 saturated carbocycles. The number of carboxylic acids is 1. The Morgan fingerprint density at radius 2 is 2.00 bits per heavy atom. The summed E-state index contributed by atoms with van der Waals surface area (Å²) in [5.41, 5.74) is 0.750. The molecule has 5 nitrogen and oxygen atoms in total. The summed E-state index contributed by atoms with van der Waals surface area (Å²) in [5.74, 6) is -0.316. The van der Waals surface area contributed by atoms with Crippen LogP contribution in [-0.2, 0) is 4.79 Å². The minimum Gasteiger partial charge on any atom is -0.481 e. The van der Waals surface area contributed by atoms with Crippen LogP contribution in [0.3, 0.4) is 0 Å². The van der Waals surface area contributed by atoms with E-state index in [0.717, 1.165) is 17.1 Å². The molecule has 1 amide bonds. The number of carbonyl (C=O) groups excluding carboxylic acids is 1. The van der Waals surface area contributed by atoms with Gasteiger partial charge in [-0.05, 0) is 32.6 Å². The van der Waals surface area contributed by atoms with Crippen LogP contribution < -0.4 is 5.32 Å². The van der Waals surface area contributed by atoms with Gasteiger partial charge in [0.25, 0.3) is 5.91 Å². The number of hydrogen-bond donors (Lipinski definition) is 2. The molecule has 0 radical (unpaired) electrons. The average Bonchev–Trinajstić information content (AvgIpc) is 2.84. The summed E-state index contributed by atoms with van der Waals surface area (Å²) in [7, 11) is 0. The van der Waals surface area contributed by atoms with Gasteiger partial charge in [0.2, 0.25) is 0 Å². The van der Waals surface area contributed by atoms with Crippen molar-refractivity contribution in [3.8, 4) is 0 Å². The molecule has 0 aromatic carbocycles. The summed E-state index contributed by atoms with van der Waals surface area (Å²) in [4.78, 5) is 28.3. The van der Waals surface area contributed by atoms with Crippen molar-refractivity contribution in [1.29, 1.82) is 0 Å². The maximum absolute atomic E-state index is 12.5. The van der Waals surface area contributed by atoms with Gasteiger partial charge < -0.3 is 10.4 Å². The Bertz CT molecular complexity index is 550. The van der Waals surface area contributed by atoms with Crippen LogP contribution in [0.15, 0.2) is 0 Å². The van der Waals surface area contributed by atoms with E-state index < -0.39 is 5.97 Å². The molecule has 0 saturated heterocycles. The molecular weight excluding hydrogens is 312 g/mol. The fraction of sp³-hybridized carbons (Fsp3) is 0.706. The van der Waals surface area contributed by atoms with Crippen molar-refractivity contribution in [2.45, 2.75) is 71.3 Å². The summed E-state index contributed by atoms with van der Waals surface area (Å²) >= 11 is 1.40. The van der Waals surface area contributed by atoms with Gasteiger partial charge in [0.15, 0.2) is 0 Å². The predicted molar refractivity (Wildman–Crippen MR) is 90.9 cm³/mol. The van der Waals surface area contributed by atoms with Crippen LogP contribution in [-0.4, -0.2) is 28.0 Å². The normalized spacial score (nSPS) is 17.0. The van der Waals surface area contributed by atoms with E-state index in [1.807, 2.05) is 13.8 Å². The van der Waals surface area contributed by atoms with Crippen molar-refractivity contribution in [2.24, 2.45) is 5.92 Å². The molecule has 1 aliphatic carbocycles. The first-order valence-electron chi connectivity index (χ1n) is 8.42. The molecule has 1 unspecified atom stereocenters. The second kappa shape index (κ2) is 8.43. The SMILES string of the molecule is Cc1nc(C)c(C(=O)NC(CCC(=O)O)CC2CCCCC2)s1.